The van der Waals surface area contributed by atoms with Crippen LogP contribution in [0.4, 0.5) is 4.79 Å². The molecule has 1 atom stereocenters. The monoisotopic (exact) mass is 391 g/mol. The molecule has 9 nitrogen and oxygen atoms in total. The van der Waals surface area contributed by atoms with Gasteiger partial charge in [-0.25, -0.2) is 19.6 Å². The van der Waals surface area contributed by atoms with Gasteiger partial charge >= 0.3 is 12.1 Å². The lowest BCUT2D eigenvalue weighted by Crippen LogP contribution is -2.36. The van der Waals surface area contributed by atoms with Gasteiger partial charge in [0.05, 0.1) is 7.11 Å². The fourth-order valence-corrected chi connectivity index (χ4v) is 3.10. The van der Waals surface area contributed by atoms with Gasteiger partial charge in [0.2, 0.25) is 11.8 Å². The molecule has 0 bridgehead atoms. The quantitative estimate of drug-likeness (QED) is 0.727. The number of hydrogen-bond acceptors (Lipinski definition) is 8. The van der Waals surface area contributed by atoms with Crippen LogP contribution < -0.4 is 0 Å². The third-order valence-electron chi connectivity index (χ3n) is 4.36. The zero-order valence-electron chi connectivity index (χ0n) is 17.0. The summed E-state index contributed by atoms with van der Waals surface area (Å²) in [4.78, 5) is 34.6. The second-order valence-electron chi connectivity index (χ2n) is 7.70. The third kappa shape index (κ3) is 3.88. The topological polar surface area (TPSA) is 108 Å². The van der Waals surface area contributed by atoms with Crippen LogP contribution in [-0.2, 0) is 9.47 Å². The molecule has 2 aromatic rings. The number of oxazole rings is 2. The maximum absolute atomic E-state index is 12.5. The molecule has 0 radical (unpaired) electrons. The summed E-state index contributed by atoms with van der Waals surface area (Å²) in [5.41, 5.74) is -0.0936. The second kappa shape index (κ2) is 7.29. The number of nitrogens with zero attached hydrogens (tertiary/aromatic N) is 3. The average Bonchev–Trinajstić information content (AvgIpc) is 3.30. The van der Waals surface area contributed by atoms with Gasteiger partial charge in [-0.2, -0.15) is 0 Å². The molecule has 0 spiro atoms. The van der Waals surface area contributed by atoms with Gasteiger partial charge in [-0.3, -0.25) is 4.90 Å². The number of methoxy groups -OCH3 is 1. The predicted octanol–water partition coefficient (Wildman–Crippen LogP) is 3.81. The lowest BCUT2D eigenvalue weighted by molar-refractivity contribution is 0.0203. The Morgan fingerprint density at radius 1 is 1.14 bits per heavy atom. The Hall–Kier alpha value is -2.84. The van der Waals surface area contributed by atoms with Crippen LogP contribution in [0, 0.1) is 13.8 Å². The SMILES string of the molecule is COC(=O)c1nc(-c2nc([C@@H]3CCCN3C(=O)OC(C)(C)C)oc2C)oc1C. The number of esters is 1. The number of hydrogen-bond donors (Lipinski definition) is 0. The lowest BCUT2D eigenvalue weighted by atomic mass is 10.2. The van der Waals surface area contributed by atoms with E-state index in [4.69, 9.17) is 18.3 Å². The number of aryl methyl sites for hydroxylation is 2. The van der Waals surface area contributed by atoms with Crippen molar-refractivity contribution < 1.29 is 27.9 Å². The van der Waals surface area contributed by atoms with Crippen LogP contribution in [0.15, 0.2) is 8.83 Å². The van der Waals surface area contributed by atoms with Gasteiger partial charge in [0.1, 0.15) is 23.2 Å². The zero-order chi connectivity index (χ0) is 20.6. The van der Waals surface area contributed by atoms with Crippen molar-refractivity contribution in [2.45, 2.75) is 59.1 Å². The summed E-state index contributed by atoms with van der Waals surface area (Å²) in [6.07, 6.45) is 1.15. The fraction of sp³-hybridized carbons (Fsp3) is 0.579. The molecule has 2 aromatic heterocycles. The van der Waals surface area contributed by atoms with Gasteiger partial charge < -0.3 is 18.3 Å². The smallest absolute Gasteiger partial charge is 0.410 e. The molecule has 1 fully saturated rings. The Morgan fingerprint density at radius 3 is 2.50 bits per heavy atom. The van der Waals surface area contributed by atoms with E-state index in [1.165, 1.54) is 7.11 Å². The Bertz CT molecular complexity index is 892. The highest BCUT2D eigenvalue weighted by Gasteiger charge is 2.37. The first-order chi connectivity index (χ1) is 13.1. The highest BCUT2D eigenvalue weighted by atomic mass is 16.6. The normalized spacial score (nSPS) is 17.1. The molecule has 0 unspecified atom stereocenters. The van der Waals surface area contributed by atoms with Crippen molar-refractivity contribution in [1.29, 1.82) is 0 Å². The fourth-order valence-electron chi connectivity index (χ4n) is 3.10. The Kier molecular flexibility index (Phi) is 5.18. The van der Waals surface area contributed by atoms with Crippen molar-refractivity contribution in [2.75, 3.05) is 13.7 Å². The van der Waals surface area contributed by atoms with Crippen LogP contribution in [0.25, 0.3) is 11.6 Å². The summed E-state index contributed by atoms with van der Waals surface area (Å²) in [7, 11) is 1.28. The first-order valence-electron chi connectivity index (χ1n) is 9.13. The molecule has 3 heterocycles. The van der Waals surface area contributed by atoms with E-state index in [1.807, 2.05) is 20.8 Å². The highest BCUT2D eigenvalue weighted by molar-refractivity contribution is 5.88. The van der Waals surface area contributed by atoms with E-state index >= 15 is 0 Å². The van der Waals surface area contributed by atoms with Crippen LogP contribution >= 0.6 is 0 Å². The summed E-state index contributed by atoms with van der Waals surface area (Å²) in [5.74, 6) is 0.810. The molecular formula is C19H25N3O6. The van der Waals surface area contributed by atoms with Gasteiger partial charge in [0.25, 0.3) is 0 Å². The molecule has 3 rings (SSSR count). The third-order valence-corrected chi connectivity index (χ3v) is 4.36. The number of amides is 1. The summed E-state index contributed by atoms with van der Waals surface area (Å²) >= 11 is 0. The van der Waals surface area contributed by atoms with E-state index < -0.39 is 17.7 Å². The van der Waals surface area contributed by atoms with Gasteiger partial charge in [-0.1, -0.05) is 0 Å². The molecule has 152 valence electrons. The number of rotatable bonds is 3. The minimum Gasteiger partial charge on any atom is -0.464 e. The van der Waals surface area contributed by atoms with E-state index in [0.29, 0.717) is 29.6 Å². The zero-order valence-corrected chi connectivity index (χ0v) is 17.0. The Labute approximate surface area is 163 Å². The van der Waals surface area contributed by atoms with E-state index in [1.54, 1.807) is 18.7 Å². The van der Waals surface area contributed by atoms with Crippen LogP contribution in [0.3, 0.4) is 0 Å². The minimum absolute atomic E-state index is 0.0951. The number of carbonyl (C=O) groups is 2. The molecule has 1 saturated heterocycles. The van der Waals surface area contributed by atoms with Crippen LogP contribution in [0.1, 0.15) is 67.6 Å². The molecule has 0 aromatic carbocycles. The summed E-state index contributed by atoms with van der Waals surface area (Å²) in [6.45, 7) is 9.41. The van der Waals surface area contributed by atoms with Crippen molar-refractivity contribution in [3.8, 4) is 11.6 Å². The minimum atomic E-state index is -0.583. The largest absolute Gasteiger partial charge is 0.464 e. The standard InChI is InChI=1S/C19H25N3O6/c1-10-13(16-21-14(11(2)27-16)17(23)25-6)20-15(26-10)12-8-7-9-22(12)18(24)28-19(3,4)5/h12H,7-9H2,1-6H3/t12-/m0/s1. The van der Waals surface area contributed by atoms with Crippen molar-refractivity contribution in [3.05, 3.63) is 23.1 Å². The number of aromatic nitrogens is 2. The maximum Gasteiger partial charge on any atom is 0.410 e. The Morgan fingerprint density at radius 2 is 1.86 bits per heavy atom. The molecule has 0 saturated carbocycles. The molecule has 0 aliphatic carbocycles. The van der Waals surface area contributed by atoms with E-state index in [-0.39, 0.29) is 17.6 Å². The van der Waals surface area contributed by atoms with Crippen molar-refractivity contribution >= 4 is 12.1 Å². The van der Waals surface area contributed by atoms with Crippen LogP contribution in [-0.4, -0.2) is 46.2 Å². The van der Waals surface area contributed by atoms with Gasteiger partial charge in [-0.05, 0) is 47.5 Å². The summed E-state index contributed by atoms with van der Waals surface area (Å²) < 4.78 is 21.6. The second-order valence-corrected chi connectivity index (χ2v) is 7.70. The predicted molar refractivity (Wildman–Crippen MR) is 97.7 cm³/mol. The molecule has 1 amide bonds. The lowest BCUT2D eigenvalue weighted by Gasteiger charge is -2.27. The molecule has 9 heteroatoms. The van der Waals surface area contributed by atoms with Gasteiger partial charge in [0.15, 0.2) is 11.4 Å². The van der Waals surface area contributed by atoms with Crippen molar-refractivity contribution in [2.24, 2.45) is 0 Å². The maximum atomic E-state index is 12.5. The number of carbonyl (C=O) groups excluding carboxylic acids is 2. The van der Waals surface area contributed by atoms with Crippen molar-refractivity contribution in [1.82, 2.24) is 14.9 Å². The molecule has 28 heavy (non-hydrogen) atoms. The first kappa shape index (κ1) is 19.9. The molecular weight excluding hydrogens is 366 g/mol. The van der Waals surface area contributed by atoms with E-state index in [9.17, 15) is 9.59 Å². The van der Waals surface area contributed by atoms with E-state index in [0.717, 1.165) is 12.8 Å². The van der Waals surface area contributed by atoms with Gasteiger partial charge in [-0.15, -0.1) is 0 Å². The Balaban J connectivity index is 1.88. The summed E-state index contributed by atoms with van der Waals surface area (Å²) in [6, 6.07) is -0.321. The number of ether oxygens (including phenoxy) is 2. The van der Waals surface area contributed by atoms with E-state index in [2.05, 4.69) is 9.97 Å². The van der Waals surface area contributed by atoms with Crippen LogP contribution in [0.2, 0.25) is 0 Å². The van der Waals surface area contributed by atoms with Gasteiger partial charge in [0, 0.05) is 6.54 Å². The first-order valence-corrected chi connectivity index (χ1v) is 9.13. The molecule has 1 aliphatic heterocycles. The average molecular weight is 391 g/mol. The van der Waals surface area contributed by atoms with Crippen molar-refractivity contribution in [3.63, 3.8) is 0 Å². The molecule has 1 aliphatic rings. The summed E-state index contributed by atoms with van der Waals surface area (Å²) in [5, 5.41) is 0. The number of likely N-dealkylation sites (tertiary alicyclic amines) is 1. The molecule has 0 N–H and O–H groups in total. The highest BCUT2D eigenvalue weighted by Crippen LogP contribution is 2.35. The van der Waals surface area contributed by atoms with Crippen LogP contribution in [0.5, 0.6) is 0 Å².